The topological polar surface area (TPSA) is 51.8 Å². The standard InChI is InChI=1S/C56H35N3O/c1-3-20-37(21-4-1)56(38-22-5-2-6-23-38)48-33-13-11-28-45(48)51-46(31-17-34-49(51)56)54-57-53(44-27-10-9-25-41(44)40-29-15-19-36-18-7-8-24-39(36)40)58-55(59-54)47-32-16-30-43-42-26-12-14-35-50(42)60-52(43)47/h1-35H. The van der Waals surface area contributed by atoms with E-state index in [1.165, 1.54) is 33.0 Å². The highest BCUT2D eigenvalue weighted by atomic mass is 16.3. The second-order valence-electron chi connectivity index (χ2n) is 15.4. The van der Waals surface area contributed by atoms with E-state index >= 15 is 0 Å². The molecular weight excluding hydrogens is 731 g/mol. The van der Waals surface area contributed by atoms with Crippen molar-refractivity contribution in [2.75, 3.05) is 0 Å². The lowest BCUT2D eigenvalue weighted by Crippen LogP contribution is -2.28. The van der Waals surface area contributed by atoms with Crippen molar-refractivity contribution in [2.45, 2.75) is 5.41 Å². The number of nitrogens with zero attached hydrogens (tertiary/aromatic N) is 3. The van der Waals surface area contributed by atoms with Gasteiger partial charge < -0.3 is 4.42 Å². The third-order valence-corrected chi connectivity index (χ3v) is 12.3. The van der Waals surface area contributed by atoms with Crippen molar-refractivity contribution in [3.05, 3.63) is 235 Å². The molecule has 2 aromatic heterocycles. The smallest absolute Gasteiger partial charge is 0.167 e. The van der Waals surface area contributed by atoms with E-state index < -0.39 is 5.41 Å². The summed E-state index contributed by atoms with van der Waals surface area (Å²) in [5.74, 6) is 1.74. The molecule has 2 heterocycles. The Labute approximate surface area is 347 Å². The van der Waals surface area contributed by atoms with Gasteiger partial charge in [-0.1, -0.05) is 200 Å². The Hall–Kier alpha value is -7.95. The highest BCUT2D eigenvalue weighted by molar-refractivity contribution is 6.09. The van der Waals surface area contributed by atoms with Gasteiger partial charge in [-0.25, -0.2) is 15.0 Å². The van der Waals surface area contributed by atoms with E-state index in [1.54, 1.807) is 0 Å². The summed E-state index contributed by atoms with van der Waals surface area (Å²) in [5.41, 5.74) is 13.0. The molecule has 9 aromatic carbocycles. The van der Waals surface area contributed by atoms with Crippen molar-refractivity contribution in [2.24, 2.45) is 0 Å². The molecule has 0 bridgehead atoms. The molecule has 0 unspecified atom stereocenters. The molecule has 1 aliphatic carbocycles. The molecule has 60 heavy (non-hydrogen) atoms. The Morgan fingerprint density at radius 1 is 0.317 bits per heavy atom. The molecule has 11 aromatic rings. The van der Waals surface area contributed by atoms with Crippen LogP contribution in [0.25, 0.3) is 89.1 Å². The Balaban J connectivity index is 1.16. The Morgan fingerprint density at radius 3 is 1.58 bits per heavy atom. The fourth-order valence-electron chi connectivity index (χ4n) is 9.71. The van der Waals surface area contributed by atoms with Gasteiger partial charge in [0.05, 0.1) is 11.0 Å². The SMILES string of the molecule is c1ccc(C2(c3ccccc3)c3ccccc3-c3c(-c4nc(-c5ccccc5-c5cccc6ccccc56)nc(-c5cccc6c5oc5ccccc56)n4)cccc32)cc1. The van der Waals surface area contributed by atoms with Crippen LogP contribution in [-0.4, -0.2) is 15.0 Å². The second kappa shape index (κ2) is 13.6. The van der Waals surface area contributed by atoms with Crippen molar-refractivity contribution < 1.29 is 4.42 Å². The summed E-state index contributed by atoms with van der Waals surface area (Å²) in [7, 11) is 0. The van der Waals surface area contributed by atoms with Gasteiger partial charge in [0.2, 0.25) is 0 Å². The maximum Gasteiger partial charge on any atom is 0.167 e. The number of para-hydroxylation sites is 2. The van der Waals surface area contributed by atoms with Crippen molar-refractivity contribution in [1.82, 2.24) is 15.0 Å². The van der Waals surface area contributed by atoms with Gasteiger partial charge in [-0.05, 0) is 67.4 Å². The molecule has 0 N–H and O–H groups in total. The first-order valence-electron chi connectivity index (χ1n) is 20.4. The van der Waals surface area contributed by atoms with E-state index in [9.17, 15) is 0 Å². The van der Waals surface area contributed by atoms with Crippen LogP contribution in [0.4, 0.5) is 0 Å². The van der Waals surface area contributed by atoms with Gasteiger partial charge in [0.15, 0.2) is 17.5 Å². The lowest BCUT2D eigenvalue weighted by atomic mass is 9.67. The van der Waals surface area contributed by atoms with Gasteiger partial charge in [-0.2, -0.15) is 0 Å². The molecule has 0 fully saturated rings. The highest BCUT2D eigenvalue weighted by Gasteiger charge is 2.47. The molecular formula is C56H35N3O. The van der Waals surface area contributed by atoms with Crippen LogP contribution in [0.1, 0.15) is 22.3 Å². The monoisotopic (exact) mass is 765 g/mol. The van der Waals surface area contributed by atoms with Crippen LogP contribution in [0, 0.1) is 0 Å². The van der Waals surface area contributed by atoms with Crippen LogP contribution >= 0.6 is 0 Å². The van der Waals surface area contributed by atoms with E-state index in [0.717, 1.165) is 60.9 Å². The number of fused-ring (bicyclic) bond motifs is 7. The van der Waals surface area contributed by atoms with E-state index in [4.69, 9.17) is 19.4 Å². The van der Waals surface area contributed by atoms with E-state index in [2.05, 4.69) is 194 Å². The number of rotatable bonds is 6. The van der Waals surface area contributed by atoms with Crippen molar-refractivity contribution in [3.8, 4) is 56.4 Å². The fraction of sp³-hybridized carbons (Fsp3) is 0.0179. The largest absolute Gasteiger partial charge is 0.455 e. The summed E-state index contributed by atoms with van der Waals surface area (Å²) >= 11 is 0. The first-order chi connectivity index (χ1) is 29.8. The van der Waals surface area contributed by atoms with E-state index in [1.807, 2.05) is 18.2 Å². The zero-order valence-electron chi connectivity index (χ0n) is 32.5. The summed E-state index contributed by atoms with van der Waals surface area (Å²) in [6.45, 7) is 0. The predicted octanol–water partition coefficient (Wildman–Crippen LogP) is 14.0. The fourth-order valence-corrected chi connectivity index (χ4v) is 9.71. The molecule has 1 aliphatic rings. The number of benzene rings is 9. The minimum atomic E-state index is -0.565. The molecule has 12 rings (SSSR count). The average molecular weight is 766 g/mol. The van der Waals surface area contributed by atoms with E-state index in [0.29, 0.717) is 17.5 Å². The van der Waals surface area contributed by atoms with Crippen LogP contribution in [-0.2, 0) is 5.41 Å². The van der Waals surface area contributed by atoms with E-state index in [-0.39, 0.29) is 0 Å². The zero-order chi connectivity index (χ0) is 39.6. The number of hydrogen-bond donors (Lipinski definition) is 0. The molecule has 280 valence electrons. The highest BCUT2D eigenvalue weighted by Crippen LogP contribution is 2.58. The molecule has 0 aliphatic heterocycles. The average Bonchev–Trinajstić information content (AvgIpc) is 3.86. The minimum Gasteiger partial charge on any atom is -0.455 e. The summed E-state index contributed by atoms with van der Waals surface area (Å²) < 4.78 is 6.62. The number of aromatic nitrogens is 3. The molecule has 4 heteroatoms. The first kappa shape index (κ1) is 34.1. The van der Waals surface area contributed by atoms with Crippen molar-refractivity contribution >= 4 is 32.7 Å². The second-order valence-corrected chi connectivity index (χ2v) is 15.4. The minimum absolute atomic E-state index is 0.550. The molecule has 0 amide bonds. The Morgan fingerprint density at radius 2 is 0.800 bits per heavy atom. The van der Waals surface area contributed by atoms with Gasteiger partial charge in [0.1, 0.15) is 11.2 Å². The lowest BCUT2D eigenvalue weighted by Gasteiger charge is -2.33. The van der Waals surface area contributed by atoms with Crippen LogP contribution in [0.15, 0.2) is 217 Å². The normalized spacial score (nSPS) is 12.8. The van der Waals surface area contributed by atoms with Crippen LogP contribution < -0.4 is 0 Å². The Bertz CT molecular complexity index is 3400. The van der Waals surface area contributed by atoms with Gasteiger partial charge in [0.25, 0.3) is 0 Å². The molecule has 0 saturated carbocycles. The summed E-state index contributed by atoms with van der Waals surface area (Å²) in [6.07, 6.45) is 0. The Kier molecular flexibility index (Phi) is 7.72. The van der Waals surface area contributed by atoms with Gasteiger partial charge in [-0.3, -0.25) is 0 Å². The molecule has 0 atom stereocenters. The quantitative estimate of drug-likeness (QED) is 0.169. The molecule has 4 nitrogen and oxygen atoms in total. The van der Waals surface area contributed by atoms with Gasteiger partial charge in [0, 0.05) is 21.9 Å². The maximum atomic E-state index is 6.62. The molecule has 0 radical (unpaired) electrons. The van der Waals surface area contributed by atoms with Crippen LogP contribution in [0.3, 0.4) is 0 Å². The van der Waals surface area contributed by atoms with Gasteiger partial charge >= 0.3 is 0 Å². The number of furan rings is 1. The molecule has 0 saturated heterocycles. The third kappa shape index (κ3) is 5.07. The summed E-state index contributed by atoms with van der Waals surface area (Å²) in [4.78, 5) is 16.3. The zero-order valence-corrected chi connectivity index (χ0v) is 32.5. The summed E-state index contributed by atoms with van der Waals surface area (Å²) in [5, 5.41) is 4.43. The third-order valence-electron chi connectivity index (χ3n) is 12.3. The predicted molar refractivity (Wildman–Crippen MR) is 244 cm³/mol. The summed E-state index contributed by atoms with van der Waals surface area (Å²) in [6, 6.07) is 75.1. The maximum absolute atomic E-state index is 6.62. The van der Waals surface area contributed by atoms with Gasteiger partial charge in [-0.15, -0.1) is 0 Å². The lowest BCUT2D eigenvalue weighted by molar-refractivity contribution is 0.669. The van der Waals surface area contributed by atoms with Crippen LogP contribution in [0.2, 0.25) is 0 Å². The van der Waals surface area contributed by atoms with Crippen LogP contribution in [0.5, 0.6) is 0 Å². The van der Waals surface area contributed by atoms with Crippen molar-refractivity contribution in [3.63, 3.8) is 0 Å². The molecule has 0 spiro atoms. The van der Waals surface area contributed by atoms with Crippen molar-refractivity contribution in [1.29, 1.82) is 0 Å². The number of hydrogen-bond acceptors (Lipinski definition) is 4. The first-order valence-corrected chi connectivity index (χ1v) is 20.4.